The second kappa shape index (κ2) is 10.1. The summed E-state index contributed by atoms with van der Waals surface area (Å²) in [5, 5.41) is 2.65. The lowest BCUT2D eigenvalue weighted by atomic mass is 10.0. The molecule has 0 saturated carbocycles. The molecule has 1 saturated heterocycles. The highest BCUT2D eigenvalue weighted by Gasteiger charge is 2.40. The molecule has 2 aromatic rings. The molecule has 0 bridgehead atoms. The number of carbonyl (C=O) groups is 3. The Morgan fingerprint density at radius 2 is 1.76 bits per heavy atom. The van der Waals surface area contributed by atoms with Gasteiger partial charge in [0, 0.05) is 18.5 Å². The standard InChI is InChI=1S/C23H27N3O6S/c1-15-5-11-18(12-6-15)33(30,31)26-13-3-4-20(26)22(28)25-19(23(29)32-2)14-16-7-9-17(10-8-16)21(24)27/h5-12,19-20H,3-4,13-14H2,1-2H3,(H2,24,27)(H,25,28)/t19-,20-/m0/s1. The first kappa shape index (κ1) is 24.4. The van der Waals surface area contributed by atoms with E-state index >= 15 is 0 Å². The van der Waals surface area contributed by atoms with Crippen molar-refractivity contribution in [2.75, 3.05) is 13.7 Å². The average Bonchev–Trinajstić information content (AvgIpc) is 3.30. The van der Waals surface area contributed by atoms with Crippen LogP contribution in [0.5, 0.6) is 0 Å². The molecule has 0 radical (unpaired) electrons. The Morgan fingerprint density at radius 3 is 2.33 bits per heavy atom. The van der Waals surface area contributed by atoms with Gasteiger partial charge in [-0.25, -0.2) is 13.2 Å². The van der Waals surface area contributed by atoms with Gasteiger partial charge in [0.2, 0.25) is 21.8 Å². The normalized spacial score (nSPS) is 17.3. The molecule has 2 atom stereocenters. The van der Waals surface area contributed by atoms with E-state index in [0.717, 1.165) is 5.56 Å². The van der Waals surface area contributed by atoms with E-state index in [0.29, 0.717) is 24.0 Å². The van der Waals surface area contributed by atoms with Crippen LogP contribution in [-0.2, 0) is 30.8 Å². The third-order valence-corrected chi connectivity index (χ3v) is 7.54. The van der Waals surface area contributed by atoms with Crippen molar-refractivity contribution >= 4 is 27.8 Å². The fraction of sp³-hybridized carbons (Fsp3) is 0.348. The van der Waals surface area contributed by atoms with Gasteiger partial charge in [0.15, 0.2) is 0 Å². The molecule has 1 aliphatic heterocycles. The number of aryl methyl sites for hydroxylation is 1. The summed E-state index contributed by atoms with van der Waals surface area (Å²) < 4.78 is 32.3. The second-order valence-corrected chi connectivity index (χ2v) is 9.83. The number of primary amides is 1. The first-order chi connectivity index (χ1) is 15.6. The molecule has 3 rings (SSSR count). The van der Waals surface area contributed by atoms with Crippen molar-refractivity contribution in [1.82, 2.24) is 9.62 Å². The highest BCUT2D eigenvalue weighted by atomic mass is 32.2. The van der Waals surface area contributed by atoms with Crippen LogP contribution in [0.3, 0.4) is 0 Å². The largest absolute Gasteiger partial charge is 0.467 e. The number of amides is 2. The van der Waals surface area contributed by atoms with E-state index in [1.807, 2.05) is 6.92 Å². The van der Waals surface area contributed by atoms with Crippen LogP contribution in [0.15, 0.2) is 53.4 Å². The van der Waals surface area contributed by atoms with E-state index in [1.54, 1.807) is 24.3 Å². The first-order valence-corrected chi connectivity index (χ1v) is 11.9. The Balaban J connectivity index is 1.77. The number of ether oxygens (including phenoxy) is 1. The molecule has 2 aromatic carbocycles. The molecule has 3 N–H and O–H groups in total. The van der Waals surface area contributed by atoms with E-state index in [1.165, 1.54) is 35.7 Å². The van der Waals surface area contributed by atoms with Crippen LogP contribution < -0.4 is 11.1 Å². The number of benzene rings is 2. The van der Waals surface area contributed by atoms with Gasteiger partial charge in [0.05, 0.1) is 12.0 Å². The summed E-state index contributed by atoms with van der Waals surface area (Å²) in [5.41, 5.74) is 7.16. The molecule has 9 nitrogen and oxygen atoms in total. The molecule has 0 aromatic heterocycles. The minimum absolute atomic E-state index is 0.106. The number of hydrogen-bond acceptors (Lipinski definition) is 6. The molecule has 0 spiro atoms. The van der Waals surface area contributed by atoms with E-state index in [4.69, 9.17) is 10.5 Å². The van der Waals surface area contributed by atoms with Gasteiger partial charge < -0.3 is 15.8 Å². The number of nitrogens with zero attached hydrogens (tertiary/aromatic N) is 1. The zero-order chi connectivity index (χ0) is 24.2. The SMILES string of the molecule is COC(=O)[C@H](Cc1ccc(C(N)=O)cc1)NC(=O)[C@@H]1CCCN1S(=O)(=O)c1ccc(C)cc1. The minimum Gasteiger partial charge on any atom is -0.467 e. The van der Waals surface area contributed by atoms with Crippen LogP contribution in [0.1, 0.15) is 34.3 Å². The molecule has 1 heterocycles. The lowest BCUT2D eigenvalue weighted by Gasteiger charge is -2.25. The fourth-order valence-electron chi connectivity index (χ4n) is 3.78. The highest BCUT2D eigenvalue weighted by Crippen LogP contribution is 2.26. The zero-order valence-corrected chi connectivity index (χ0v) is 19.3. The summed E-state index contributed by atoms with van der Waals surface area (Å²) in [6.07, 6.45) is 0.980. The predicted octanol–water partition coefficient (Wildman–Crippen LogP) is 1.15. The van der Waals surface area contributed by atoms with Gasteiger partial charge in [0.25, 0.3) is 0 Å². The van der Waals surface area contributed by atoms with E-state index in [2.05, 4.69) is 5.32 Å². The van der Waals surface area contributed by atoms with Crippen LogP contribution in [0.2, 0.25) is 0 Å². The predicted molar refractivity (Wildman–Crippen MR) is 121 cm³/mol. The summed E-state index contributed by atoms with van der Waals surface area (Å²) in [7, 11) is -2.66. The Hall–Kier alpha value is -3.24. The van der Waals surface area contributed by atoms with E-state index < -0.39 is 39.9 Å². The number of nitrogens with one attached hydrogen (secondary N) is 1. The molecule has 2 amide bonds. The zero-order valence-electron chi connectivity index (χ0n) is 18.5. The van der Waals surface area contributed by atoms with Gasteiger partial charge in [0.1, 0.15) is 12.1 Å². The smallest absolute Gasteiger partial charge is 0.328 e. The van der Waals surface area contributed by atoms with Crippen molar-refractivity contribution < 1.29 is 27.5 Å². The topological polar surface area (TPSA) is 136 Å². The van der Waals surface area contributed by atoms with Gasteiger partial charge in [-0.2, -0.15) is 4.31 Å². The van der Waals surface area contributed by atoms with Crippen LogP contribution in [0, 0.1) is 6.92 Å². The first-order valence-electron chi connectivity index (χ1n) is 10.5. The average molecular weight is 474 g/mol. The number of sulfonamides is 1. The third-order valence-electron chi connectivity index (χ3n) is 5.61. The quantitative estimate of drug-likeness (QED) is 0.552. The van der Waals surface area contributed by atoms with Crippen molar-refractivity contribution in [1.29, 1.82) is 0 Å². The molecule has 1 fully saturated rings. The number of esters is 1. The van der Waals surface area contributed by atoms with Crippen LogP contribution in [0.4, 0.5) is 0 Å². The molecular formula is C23H27N3O6S. The van der Waals surface area contributed by atoms with Crippen molar-refractivity contribution in [3.63, 3.8) is 0 Å². The number of methoxy groups -OCH3 is 1. The molecular weight excluding hydrogens is 446 g/mol. The minimum atomic E-state index is -3.87. The number of hydrogen-bond donors (Lipinski definition) is 2. The van der Waals surface area contributed by atoms with Gasteiger partial charge >= 0.3 is 5.97 Å². The van der Waals surface area contributed by atoms with Crippen molar-refractivity contribution in [2.45, 2.75) is 43.2 Å². The van der Waals surface area contributed by atoms with Gasteiger partial charge in [-0.1, -0.05) is 29.8 Å². The van der Waals surface area contributed by atoms with Crippen molar-refractivity contribution in [2.24, 2.45) is 5.73 Å². The summed E-state index contributed by atoms with van der Waals surface area (Å²) in [6, 6.07) is 10.8. The summed E-state index contributed by atoms with van der Waals surface area (Å²) in [5.74, 6) is -1.80. The molecule has 0 aliphatic carbocycles. The van der Waals surface area contributed by atoms with Crippen LogP contribution in [0.25, 0.3) is 0 Å². The lowest BCUT2D eigenvalue weighted by molar-refractivity contribution is -0.145. The van der Waals surface area contributed by atoms with Crippen LogP contribution in [-0.4, -0.2) is 56.2 Å². The third kappa shape index (κ3) is 5.58. The molecule has 10 heteroatoms. The second-order valence-electron chi connectivity index (χ2n) is 7.94. The maximum absolute atomic E-state index is 13.1. The van der Waals surface area contributed by atoms with Gasteiger partial charge in [-0.05, 0) is 49.6 Å². The molecule has 176 valence electrons. The number of rotatable bonds is 8. The van der Waals surface area contributed by atoms with Crippen molar-refractivity contribution in [3.05, 3.63) is 65.2 Å². The Kier molecular flexibility index (Phi) is 7.50. The van der Waals surface area contributed by atoms with E-state index in [-0.39, 0.29) is 17.9 Å². The molecule has 0 unspecified atom stereocenters. The molecule has 1 aliphatic rings. The molecule has 33 heavy (non-hydrogen) atoms. The Bertz CT molecular complexity index is 1130. The monoisotopic (exact) mass is 473 g/mol. The lowest BCUT2D eigenvalue weighted by Crippen LogP contribution is -2.51. The van der Waals surface area contributed by atoms with Crippen molar-refractivity contribution in [3.8, 4) is 0 Å². The maximum Gasteiger partial charge on any atom is 0.328 e. The summed E-state index contributed by atoms with van der Waals surface area (Å²) in [6.45, 7) is 2.07. The Labute approximate surface area is 193 Å². The van der Waals surface area contributed by atoms with E-state index in [9.17, 15) is 22.8 Å². The highest BCUT2D eigenvalue weighted by molar-refractivity contribution is 7.89. The maximum atomic E-state index is 13.1. The Morgan fingerprint density at radius 1 is 1.12 bits per heavy atom. The van der Waals surface area contributed by atoms with Crippen LogP contribution >= 0.6 is 0 Å². The van der Waals surface area contributed by atoms with Gasteiger partial charge in [-0.15, -0.1) is 0 Å². The fourth-order valence-corrected chi connectivity index (χ4v) is 5.44. The summed E-state index contributed by atoms with van der Waals surface area (Å²) >= 11 is 0. The van der Waals surface area contributed by atoms with Gasteiger partial charge in [-0.3, -0.25) is 9.59 Å². The summed E-state index contributed by atoms with van der Waals surface area (Å²) in [4.78, 5) is 36.8. The number of carbonyl (C=O) groups excluding carboxylic acids is 3. The number of nitrogens with two attached hydrogens (primary N) is 1.